The van der Waals surface area contributed by atoms with Gasteiger partial charge in [0.1, 0.15) is 6.54 Å². The van der Waals surface area contributed by atoms with E-state index in [4.69, 9.17) is 16.1 Å². The summed E-state index contributed by atoms with van der Waals surface area (Å²) in [5, 5.41) is 12.3. The molecule has 0 N–H and O–H groups in total. The van der Waals surface area contributed by atoms with Crippen molar-refractivity contribution in [1.29, 1.82) is 0 Å². The minimum Gasteiger partial charge on any atom is -0.339 e. The summed E-state index contributed by atoms with van der Waals surface area (Å²) < 4.78 is 6.94. The Hall–Kier alpha value is -2.21. The van der Waals surface area contributed by atoms with E-state index in [2.05, 4.69) is 20.5 Å². The van der Waals surface area contributed by atoms with Crippen molar-refractivity contribution in [3.8, 4) is 0 Å². The van der Waals surface area contributed by atoms with E-state index in [1.165, 1.54) is 0 Å². The van der Waals surface area contributed by atoms with Crippen LogP contribution in [0, 0.1) is 0 Å². The van der Waals surface area contributed by atoms with E-state index < -0.39 is 0 Å². The largest absolute Gasteiger partial charge is 0.339 e. The molecule has 2 aromatic heterocycles. The van der Waals surface area contributed by atoms with Gasteiger partial charge in [0.25, 0.3) is 0 Å². The van der Waals surface area contributed by atoms with Crippen molar-refractivity contribution in [2.45, 2.75) is 19.4 Å². The average molecular weight is 290 g/mol. The first kappa shape index (κ1) is 12.8. The van der Waals surface area contributed by atoms with Crippen molar-refractivity contribution < 1.29 is 4.52 Å². The van der Waals surface area contributed by atoms with Crippen molar-refractivity contribution in [2.75, 3.05) is 0 Å². The minimum atomic E-state index is 0.0178. The molecule has 1 aromatic carbocycles. The molecule has 0 aliphatic rings. The number of rotatable bonds is 4. The minimum absolute atomic E-state index is 0.0178. The Labute approximate surface area is 120 Å². The Morgan fingerprint density at radius 2 is 2.10 bits per heavy atom. The van der Waals surface area contributed by atoms with E-state index in [1.807, 2.05) is 31.2 Å². The number of halogens is 1. The third kappa shape index (κ3) is 2.70. The van der Waals surface area contributed by atoms with E-state index in [1.54, 1.807) is 17.1 Å². The summed E-state index contributed by atoms with van der Waals surface area (Å²) in [4.78, 5) is 4.38. The van der Waals surface area contributed by atoms with Gasteiger partial charge in [0.05, 0.1) is 12.1 Å². The third-order valence-electron chi connectivity index (χ3n) is 3.00. The second-order valence-electron chi connectivity index (χ2n) is 4.42. The highest BCUT2D eigenvalue weighted by molar-refractivity contribution is 6.30. The van der Waals surface area contributed by atoms with Crippen LogP contribution in [0.1, 0.15) is 30.1 Å². The molecule has 3 aromatic rings. The number of hydrogen-bond acceptors (Lipinski definition) is 5. The van der Waals surface area contributed by atoms with Crippen LogP contribution in [0.4, 0.5) is 0 Å². The van der Waals surface area contributed by atoms with E-state index in [0.29, 0.717) is 23.3 Å². The second kappa shape index (κ2) is 5.42. The van der Waals surface area contributed by atoms with Crippen molar-refractivity contribution in [1.82, 2.24) is 25.1 Å². The first-order valence-electron chi connectivity index (χ1n) is 6.14. The summed E-state index contributed by atoms with van der Waals surface area (Å²) in [5.41, 5.74) is 1.07. The maximum Gasteiger partial charge on any atom is 0.233 e. The summed E-state index contributed by atoms with van der Waals surface area (Å²) in [5.74, 6) is 1.16. The SMILES string of the molecule is CC(c1ccc(Cl)cc1)c1nc(Cn2ccnn2)no1. The van der Waals surface area contributed by atoms with Crippen LogP contribution in [-0.4, -0.2) is 25.1 Å². The highest BCUT2D eigenvalue weighted by Crippen LogP contribution is 2.23. The summed E-state index contributed by atoms with van der Waals surface area (Å²) in [6.07, 6.45) is 3.36. The van der Waals surface area contributed by atoms with Crippen LogP contribution in [-0.2, 0) is 6.54 Å². The van der Waals surface area contributed by atoms with E-state index in [-0.39, 0.29) is 5.92 Å². The Morgan fingerprint density at radius 3 is 2.80 bits per heavy atom. The standard InChI is InChI=1S/C13H12ClN5O/c1-9(10-2-4-11(14)5-3-10)13-16-12(17-20-13)8-19-7-6-15-18-19/h2-7,9H,8H2,1H3. The molecule has 102 valence electrons. The molecule has 0 aliphatic carbocycles. The molecule has 0 radical (unpaired) electrons. The lowest BCUT2D eigenvalue weighted by Gasteiger charge is -2.06. The molecule has 1 atom stereocenters. The fourth-order valence-corrected chi connectivity index (χ4v) is 1.99. The van der Waals surface area contributed by atoms with E-state index in [0.717, 1.165) is 5.56 Å². The van der Waals surface area contributed by atoms with E-state index in [9.17, 15) is 0 Å². The first-order valence-corrected chi connectivity index (χ1v) is 6.52. The van der Waals surface area contributed by atoms with Crippen molar-refractivity contribution in [2.24, 2.45) is 0 Å². The lowest BCUT2D eigenvalue weighted by atomic mass is 10.0. The van der Waals surface area contributed by atoms with Crippen molar-refractivity contribution in [3.05, 3.63) is 59.0 Å². The molecule has 0 spiro atoms. The summed E-state index contributed by atoms with van der Waals surface area (Å²) in [6, 6.07) is 7.60. The fraction of sp³-hybridized carbons (Fsp3) is 0.231. The molecule has 2 heterocycles. The van der Waals surface area contributed by atoms with Gasteiger partial charge in [-0.1, -0.05) is 34.1 Å². The van der Waals surface area contributed by atoms with Gasteiger partial charge in [-0.3, -0.25) is 0 Å². The molecule has 1 unspecified atom stereocenters. The molecule has 20 heavy (non-hydrogen) atoms. The molecule has 0 saturated heterocycles. The van der Waals surface area contributed by atoms with Gasteiger partial charge in [-0.15, -0.1) is 5.10 Å². The first-order chi connectivity index (χ1) is 9.72. The fourth-order valence-electron chi connectivity index (χ4n) is 1.86. The second-order valence-corrected chi connectivity index (χ2v) is 4.86. The monoisotopic (exact) mass is 289 g/mol. The molecule has 6 nitrogen and oxygen atoms in total. The molecule has 0 amide bonds. The third-order valence-corrected chi connectivity index (χ3v) is 3.25. The van der Waals surface area contributed by atoms with E-state index >= 15 is 0 Å². The Morgan fingerprint density at radius 1 is 1.30 bits per heavy atom. The molecule has 0 aliphatic heterocycles. The maximum absolute atomic E-state index is 5.88. The van der Waals surface area contributed by atoms with Gasteiger partial charge in [-0.2, -0.15) is 4.98 Å². The molecule has 0 saturated carbocycles. The Bertz CT molecular complexity index is 677. The number of hydrogen-bond donors (Lipinski definition) is 0. The molecular weight excluding hydrogens is 278 g/mol. The smallest absolute Gasteiger partial charge is 0.233 e. The van der Waals surface area contributed by atoms with Gasteiger partial charge in [0.15, 0.2) is 5.82 Å². The van der Waals surface area contributed by atoms with Crippen LogP contribution in [0.2, 0.25) is 5.02 Å². The van der Waals surface area contributed by atoms with Crippen LogP contribution in [0.3, 0.4) is 0 Å². The topological polar surface area (TPSA) is 69.6 Å². The summed E-state index contributed by atoms with van der Waals surface area (Å²) >= 11 is 5.88. The lowest BCUT2D eigenvalue weighted by Crippen LogP contribution is -2.03. The zero-order valence-electron chi connectivity index (χ0n) is 10.8. The normalized spacial score (nSPS) is 12.5. The summed E-state index contributed by atoms with van der Waals surface area (Å²) in [6.45, 7) is 2.45. The highest BCUT2D eigenvalue weighted by Gasteiger charge is 2.16. The number of nitrogens with zero attached hydrogens (tertiary/aromatic N) is 5. The highest BCUT2D eigenvalue weighted by atomic mass is 35.5. The van der Waals surface area contributed by atoms with Crippen LogP contribution in [0.25, 0.3) is 0 Å². The van der Waals surface area contributed by atoms with Gasteiger partial charge >= 0.3 is 0 Å². The molecular formula is C13H12ClN5O. The van der Waals surface area contributed by atoms with Crippen LogP contribution in [0.15, 0.2) is 41.2 Å². The Balaban J connectivity index is 1.77. The number of aromatic nitrogens is 5. The predicted octanol–water partition coefficient (Wildman–Crippen LogP) is 2.51. The van der Waals surface area contributed by atoms with Gasteiger partial charge in [0, 0.05) is 11.2 Å². The predicted molar refractivity (Wildman–Crippen MR) is 72.4 cm³/mol. The lowest BCUT2D eigenvalue weighted by molar-refractivity contribution is 0.363. The number of benzene rings is 1. The van der Waals surface area contributed by atoms with Gasteiger partial charge in [0.2, 0.25) is 5.89 Å². The summed E-state index contributed by atoms with van der Waals surface area (Å²) in [7, 11) is 0. The van der Waals surface area contributed by atoms with Crippen molar-refractivity contribution in [3.63, 3.8) is 0 Å². The zero-order valence-corrected chi connectivity index (χ0v) is 11.5. The van der Waals surface area contributed by atoms with Crippen molar-refractivity contribution >= 4 is 11.6 Å². The van der Waals surface area contributed by atoms with Crippen LogP contribution < -0.4 is 0 Å². The van der Waals surface area contributed by atoms with Gasteiger partial charge in [-0.05, 0) is 24.6 Å². The van der Waals surface area contributed by atoms with Crippen LogP contribution in [0.5, 0.6) is 0 Å². The zero-order chi connectivity index (χ0) is 13.9. The van der Waals surface area contributed by atoms with Gasteiger partial charge < -0.3 is 4.52 Å². The van der Waals surface area contributed by atoms with Crippen LogP contribution >= 0.6 is 11.6 Å². The molecule has 3 rings (SSSR count). The molecule has 7 heteroatoms. The molecule has 0 bridgehead atoms. The Kier molecular flexibility index (Phi) is 3.47. The molecule has 0 fully saturated rings. The quantitative estimate of drug-likeness (QED) is 0.738. The van der Waals surface area contributed by atoms with Gasteiger partial charge in [-0.25, -0.2) is 4.68 Å². The maximum atomic E-state index is 5.88. The average Bonchev–Trinajstić information content (AvgIpc) is 3.11.